The van der Waals surface area contributed by atoms with Crippen LogP contribution < -0.4 is 5.32 Å². The van der Waals surface area contributed by atoms with Crippen molar-refractivity contribution < 1.29 is 13.9 Å². The highest BCUT2D eigenvalue weighted by Gasteiger charge is 2.43. The third kappa shape index (κ3) is 2.52. The van der Waals surface area contributed by atoms with Crippen LogP contribution in [0.25, 0.3) is 0 Å². The van der Waals surface area contributed by atoms with Crippen molar-refractivity contribution in [3.05, 3.63) is 65.2 Å². The minimum absolute atomic E-state index is 0.263. The van der Waals surface area contributed by atoms with Gasteiger partial charge in [0.05, 0.1) is 18.8 Å². The maximum atomic E-state index is 14.0. The van der Waals surface area contributed by atoms with E-state index in [0.29, 0.717) is 11.1 Å². The first kappa shape index (κ1) is 13.7. The largest absolute Gasteiger partial charge is 0.376 e. The maximum Gasteiger partial charge on any atom is 0.253 e. The fraction of sp³-hybridized carbons (Fsp3) is 0.250. The van der Waals surface area contributed by atoms with Crippen LogP contribution >= 0.6 is 0 Å². The smallest absolute Gasteiger partial charge is 0.253 e. The first-order valence-electron chi connectivity index (χ1n) is 6.69. The van der Waals surface area contributed by atoms with E-state index in [1.165, 1.54) is 12.3 Å². The van der Waals surface area contributed by atoms with Gasteiger partial charge in [0.2, 0.25) is 0 Å². The lowest BCUT2D eigenvalue weighted by Gasteiger charge is -2.42. The number of ether oxygens (including phenoxy) is 1. The van der Waals surface area contributed by atoms with Gasteiger partial charge in [-0.2, -0.15) is 0 Å². The van der Waals surface area contributed by atoms with E-state index in [1.807, 2.05) is 6.92 Å². The van der Waals surface area contributed by atoms with Crippen LogP contribution in [0.5, 0.6) is 0 Å². The number of benzene rings is 1. The Morgan fingerprint density at radius 1 is 1.29 bits per heavy atom. The molecule has 0 bridgehead atoms. The molecule has 2 aromatic rings. The second-order valence-electron chi connectivity index (χ2n) is 5.20. The standard InChI is InChI=1S/C16H15FN2O2/c1-11-6-7-12(8-18-11)15(20)19-16(9-21-10-16)13-4-2-3-5-14(13)17/h2-8H,9-10H2,1H3,(H,19,20). The van der Waals surface area contributed by atoms with E-state index in [-0.39, 0.29) is 24.9 Å². The number of aromatic nitrogens is 1. The highest BCUT2D eigenvalue weighted by Crippen LogP contribution is 2.31. The summed E-state index contributed by atoms with van der Waals surface area (Å²) < 4.78 is 19.2. The molecule has 0 spiro atoms. The number of carbonyl (C=O) groups is 1. The van der Waals surface area contributed by atoms with Crippen LogP contribution in [0.2, 0.25) is 0 Å². The van der Waals surface area contributed by atoms with Crippen LogP contribution in [0.4, 0.5) is 4.39 Å². The Bertz CT molecular complexity index is 666. The highest BCUT2D eigenvalue weighted by molar-refractivity contribution is 5.94. The van der Waals surface area contributed by atoms with Gasteiger partial charge >= 0.3 is 0 Å². The number of pyridine rings is 1. The SMILES string of the molecule is Cc1ccc(C(=O)NC2(c3ccccc3F)COC2)cn1. The number of amides is 1. The molecular formula is C16H15FN2O2. The van der Waals surface area contributed by atoms with Crippen molar-refractivity contribution in [1.29, 1.82) is 0 Å². The van der Waals surface area contributed by atoms with E-state index < -0.39 is 5.54 Å². The molecule has 1 aromatic carbocycles. The summed E-state index contributed by atoms with van der Waals surface area (Å²) in [6, 6.07) is 9.89. The number of nitrogens with zero attached hydrogens (tertiary/aromatic N) is 1. The lowest BCUT2D eigenvalue weighted by molar-refractivity contribution is -0.0749. The van der Waals surface area contributed by atoms with Crippen molar-refractivity contribution in [1.82, 2.24) is 10.3 Å². The van der Waals surface area contributed by atoms with Crippen molar-refractivity contribution >= 4 is 5.91 Å². The van der Waals surface area contributed by atoms with Crippen molar-refractivity contribution in [2.75, 3.05) is 13.2 Å². The minimum atomic E-state index is -0.798. The third-order valence-corrected chi connectivity index (χ3v) is 3.61. The summed E-state index contributed by atoms with van der Waals surface area (Å²) in [7, 11) is 0. The fourth-order valence-electron chi connectivity index (χ4n) is 2.34. The van der Waals surface area contributed by atoms with Gasteiger partial charge < -0.3 is 10.1 Å². The molecule has 1 aliphatic rings. The van der Waals surface area contributed by atoms with Crippen LogP contribution in [-0.2, 0) is 10.3 Å². The van der Waals surface area contributed by atoms with Gasteiger partial charge in [0.25, 0.3) is 5.91 Å². The summed E-state index contributed by atoms with van der Waals surface area (Å²) in [6.45, 7) is 2.38. The van der Waals surface area contributed by atoms with Gasteiger partial charge in [0, 0.05) is 17.5 Å². The van der Waals surface area contributed by atoms with E-state index >= 15 is 0 Å². The van der Waals surface area contributed by atoms with Gasteiger partial charge in [-0.3, -0.25) is 9.78 Å². The Labute approximate surface area is 122 Å². The lowest BCUT2D eigenvalue weighted by atomic mass is 9.87. The van der Waals surface area contributed by atoms with E-state index in [4.69, 9.17) is 4.74 Å². The molecule has 5 heteroatoms. The Kier molecular flexibility index (Phi) is 3.43. The summed E-state index contributed by atoms with van der Waals surface area (Å²) in [6.07, 6.45) is 1.51. The average Bonchev–Trinajstić information content (AvgIpc) is 2.44. The molecule has 0 aliphatic carbocycles. The van der Waals surface area contributed by atoms with E-state index in [2.05, 4.69) is 10.3 Å². The lowest BCUT2D eigenvalue weighted by Crippen LogP contribution is -2.59. The number of halogens is 1. The van der Waals surface area contributed by atoms with Crippen LogP contribution in [0, 0.1) is 12.7 Å². The molecule has 1 saturated heterocycles. The molecule has 0 unspecified atom stereocenters. The summed E-state index contributed by atoms with van der Waals surface area (Å²) >= 11 is 0. The monoisotopic (exact) mass is 286 g/mol. The Morgan fingerprint density at radius 2 is 2.05 bits per heavy atom. The van der Waals surface area contributed by atoms with E-state index in [9.17, 15) is 9.18 Å². The predicted molar refractivity (Wildman–Crippen MR) is 75.3 cm³/mol. The van der Waals surface area contributed by atoms with Crippen molar-refractivity contribution in [2.24, 2.45) is 0 Å². The zero-order valence-corrected chi connectivity index (χ0v) is 11.6. The average molecular weight is 286 g/mol. The molecular weight excluding hydrogens is 271 g/mol. The van der Waals surface area contributed by atoms with Crippen LogP contribution in [0.1, 0.15) is 21.6 Å². The Hall–Kier alpha value is -2.27. The van der Waals surface area contributed by atoms with Crippen molar-refractivity contribution in [3.8, 4) is 0 Å². The third-order valence-electron chi connectivity index (χ3n) is 3.61. The van der Waals surface area contributed by atoms with Crippen LogP contribution in [0.15, 0.2) is 42.6 Å². The molecule has 1 N–H and O–H groups in total. The predicted octanol–water partition coefficient (Wildman–Crippen LogP) is 2.18. The van der Waals surface area contributed by atoms with Crippen LogP contribution in [-0.4, -0.2) is 24.1 Å². The zero-order chi connectivity index (χ0) is 14.9. The summed E-state index contributed by atoms with van der Waals surface area (Å²) in [5.41, 5.74) is 0.933. The normalized spacial score (nSPS) is 16.1. The second-order valence-corrected chi connectivity index (χ2v) is 5.20. The molecule has 0 radical (unpaired) electrons. The summed E-state index contributed by atoms with van der Waals surface area (Å²) in [4.78, 5) is 16.4. The first-order chi connectivity index (χ1) is 10.1. The number of hydrogen-bond acceptors (Lipinski definition) is 3. The topological polar surface area (TPSA) is 51.2 Å². The van der Waals surface area contributed by atoms with Gasteiger partial charge in [-0.25, -0.2) is 4.39 Å². The first-order valence-corrected chi connectivity index (χ1v) is 6.69. The maximum absolute atomic E-state index is 14.0. The van der Waals surface area contributed by atoms with Gasteiger partial charge in [-0.05, 0) is 25.1 Å². The van der Waals surface area contributed by atoms with Crippen molar-refractivity contribution in [3.63, 3.8) is 0 Å². The molecule has 3 rings (SSSR count). The molecule has 0 saturated carbocycles. The number of hydrogen-bond donors (Lipinski definition) is 1. The molecule has 1 amide bonds. The molecule has 2 heterocycles. The van der Waals surface area contributed by atoms with Gasteiger partial charge in [-0.15, -0.1) is 0 Å². The number of nitrogens with one attached hydrogen (secondary N) is 1. The molecule has 0 atom stereocenters. The highest BCUT2D eigenvalue weighted by atomic mass is 19.1. The van der Waals surface area contributed by atoms with Gasteiger partial charge in [0.15, 0.2) is 0 Å². The Morgan fingerprint density at radius 3 is 2.62 bits per heavy atom. The molecule has 1 aliphatic heterocycles. The quantitative estimate of drug-likeness (QED) is 0.941. The molecule has 4 nitrogen and oxygen atoms in total. The summed E-state index contributed by atoms with van der Waals surface area (Å²) in [5.74, 6) is -0.628. The Balaban J connectivity index is 1.86. The number of carbonyl (C=O) groups excluding carboxylic acids is 1. The van der Waals surface area contributed by atoms with Gasteiger partial charge in [-0.1, -0.05) is 18.2 Å². The van der Waals surface area contributed by atoms with Gasteiger partial charge in [0.1, 0.15) is 11.4 Å². The number of aryl methyl sites for hydroxylation is 1. The van der Waals surface area contributed by atoms with E-state index in [0.717, 1.165) is 5.69 Å². The number of rotatable bonds is 3. The molecule has 1 aromatic heterocycles. The van der Waals surface area contributed by atoms with E-state index in [1.54, 1.807) is 30.3 Å². The molecule has 108 valence electrons. The minimum Gasteiger partial charge on any atom is -0.376 e. The zero-order valence-electron chi connectivity index (χ0n) is 11.6. The van der Waals surface area contributed by atoms with Crippen molar-refractivity contribution in [2.45, 2.75) is 12.5 Å². The summed E-state index contributed by atoms with van der Waals surface area (Å²) in [5, 5.41) is 2.88. The molecule has 1 fully saturated rings. The molecule has 21 heavy (non-hydrogen) atoms. The second kappa shape index (κ2) is 5.26. The fourth-order valence-corrected chi connectivity index (χ4v) is 2.34. The van der Waals surface area contributed by atoms with Crippen LogP contribution in [0.3, 0.4) is 0 Å².